The van der Waals surface area contributed by atoms with Gasteiger partial charge in [-0.3, -0.25) is 14.5 Å². The maximum atomic E-state index is 12.2. The van der Waals surface area contributed by atoms with Crippen LogP contribution in [0.2, 0.25) is 4.34 Å². The third-order valence-corrected chi connectivity index (χ3v) is 5.25. The summed E-state index contributed by atoms with van der Waals surface area (Å²) >= 11 is 7.57. The number of amides is 2. The zero-order chi connectivity index (χ0) is 17.7. The van der Waals surface area contributed by atoms with Crippen molar-refractivity contribution in [1.29, 1.82) is 0 Å². The topological polar surface area (TPSA) is 52.7 Å². The van der Waals surface area contributed by atoms with Gasteiger partial charge in [0.25, 0.3) is 0 Å². The van der Waals surface area contributed by atoms with E-state index in [2.05, 4.69) is 16.3 Å². The maximum Gasteiger partial charge on any atom is 0.225 e. The standard InChI is InChI=1S/C17H26ClN3O2S/c1-17(2,3)16(23)19-7-6-15(22)21-10-8-20(9-11-21)12-13-4-5-14(18)24-13/h4-5H,6-12H2,1-3H3,(H,19,23). The first-order chi connectivity index (χ1) is 11.3. The van der Waals surface area contributed by atoms with Gasteiger partial charge in [-0.15, -0.1) is 11.3 Å². The minimum Gasteiger partial charge on any atom is -0.355 e. The largest absolute Gasteiger partial charge is 0.355 e. The molecule has 0 aromatic carbocycles. The van der Waals surface area contributed by atoms with E-state index in [1.165, 1.54) is 4.88 Å². The molecule has 7 heteroatoms. The first kappa shape index (κ1) is 19.2. The Morgan fingerprint density at radius 1 is 1.21 bits per heavy atom. The molecule has 5 nitrogen and oxygen atoms in total. The minimum absolute atomic E-state index is 0.0188. The predicted molar refractivity (Wildman–Crippen MR) is 98.3 cm³/mol. The highest BCUT2D eigenvalue weighted by molar-refractivity contribution is 7.16. The Morgan fingerprint density at radius 2 is 1.88 bits per heavy atom. The van der Waals surface area contributed by atoms with Crippen LogP contribution in [0.4, 0.5) is 0 Å². The van der Waals surface area contributed by atoms with Crippen LogP contribution in [0, 0.1) is 5.41 Å². The van der Waals surface area contributed by atoms with Crippen LogP contribution in [-0.2, 0) is 16.1 Å². The number of piperazine rings is 1. The van der Waals surface area contributed by atoms with Crippen LogP contribution in [0.25, 0.3) is 0 Å². The zero-order valence-electron chi connectivity index (χ0n) is 14.6. The average Bonchev–Trinajstić information content (AvgIpc) is 2.92. The maximum absolute atomic E-state index is 12.2. The fraction of sp³-hybridized carbons (Fsp3) is 0.647. The van der Waals surface area contributed by atoms with E-state index in [1.807, 2.05) is 31.7 Å². The number of thiophene rings is 1. The van der Waals surface area contributed by atoms with Crippen LogP contribution in [0.5, 0.6) is 0 Å². The van der Waals surface area contributed by atoms with Crippen LogP contribution >= 0.6 is 22.9 Å². The Labute approximate surface area is 153 Å². The molecule has 0 bridgehead atoms. The van der Waals surface area contributed by atoms with E-state index >= 15 is 0 Å². The van der Waals surface area contributed by atoms with Crippen molar-refractivity contribution < 1.29 is 9.59 Å². The smallest absolute Gasteiger partial charge is 0.225 e. The van der Waals surface area contributed by atoms with E-state index in [1.54, 1.807) is 11.3 Å². The lowest BCUT2D eigenvalue weighted by Crippen LogP contribution is -2.48. The Balaban J connectivity index is 1.68. The minimum atomic E-state index is -0.417. The normalized spacial score (nSPS) is 16.2. The molecule has 2 amide bonds. The second-order valence-electron chi connectivity index (χ2n) is 7.12. The molecule has 1 aliphatic heterocycles. The lowest BCUT2D eigenvalue weighted by Gasteiger charge is -2.34. The highest BCUT2D eigenvalue weighted by Crippen LogP contribution is 2.23. The second kappa shape index (κ2) is 8.32. The Morgan fingerprint density at radius 3 is 2.42 bits per heavy atom. The van der Waals surface area contributed by atoms with Gasteiger partial charge in [0.1, 0.15) is 0 Å². The van der Waals surface area contributed by atoms with E-state index in [4.69, 9.17) is 11.6 Å². The highest BCUT2D eigenvalue weighted by Gasteiger charge is 2.23. The van der Waals surface area contributed by atoms with Gasteiger partial charge in [-0.1, -0.05) is 32.4 Å². The molecule has 1 fully saturated rings. The number of hydrogen-bond donors (Lipinski definition) is 1. The summed E-state index contributed by atoms with van der Waals surface area (Å²) in [5.74, 6) is 0.0951. The highest BCUT2D eigenvalue weighted by atomic mass is 35.5. The molecule has 2 rings (SSSR count). The quantitative estimate of drug-likeness (QED) is 0.865. The number of nitrogens with one attached hydrogen (secondary N) is 1. The molecule has 24 heavy (non-hydrogen) atoms. The van der Waals surface area contributed by atoms with Gasteiger partial charge in [0.2, 0.25) is 11.8 Å². The fourth-order valence-corrected chi connectivity index (χ4v) is 3.65. The summed E-state index contributed by atoms with van der Waals surface area (Å²) in [6, 6.07) is 3.98. The Hall–Kier alpha value is -1.11. The van der Waals surface area contributed by atoms with Crippen molar-refractivity contribution in [1.82, 2.24) is 15.1 Å². The molecule has 0 saturated carbocycles. The van der Waals surface area contributed by atoms with Crippen molar-refractivity contribution >= 4 is 34.8 Å². The average molecular weight is 372 g/mol. The number of hydrogen-bond acceptors (Lipinski definition) is 4. The van der Waals surface area contributed by atoms with Gasteiger partial charge in [0.05, 0.1) is 4.34 Å². The molecule has 134 valence electrons. The molecule has 1 aromatic rings. The van der Waals surface area contributed by atoms with Crippen LogP contribution < -0.4 is 5.32 Å². The Kier molecular flexibility index (Phi) is 6.66. The lowest BCUT2D eigenvalue weighted by molar-refractivity contribution is -0.133. The van der Waals surface area contributed by atoms with Gasteiger partial charge in [0.15, 0.2) is 0 Å². The molecule has 0 unspecified atom stereocenters. The van der Waals surface area contributed by atoms with Crippen LogP contribution in [0.15, 0.2) is 12.1 Å². The number of carbonyl (C=O) groups is 2. The van der Waals surface area contributed by atoms with E-state index in [9.17, 15) is 9.59 Å². The molecule has 0 radical (unpaired) electrons. The van der Waals surface area contributed by atoms with Crippen molar-refractivity contribution in [3.05, 3.63) is 21.3 Å². The molecule has 1 saturated heterocycles. The summed E-state index contributed by atoms with van der Waals surface area (Å²) in [6.45, 7) is 10.1. The third kappa shape index (κ3) is 5.76. The van der Waals surface area contributed by atoms with E-state index < -0.39 is 5.41 Å². The van der Waals surface area contributed by atoms with Gasteiger partial charge in [0, 0.05) is 56.0 Å². The number of carbonyl (C=O) groups excluding carboxylic acids is 2. The second-order valence-corrected chi connectivity index (χ2v) is 8.92. The van der Waals surface area contributed by atoms with Crippen molar-refractivity contribution in [2.45, 2.75) is 33.7 Å². The molecule has 0 spiro atoms. The van der Waals surface area contributed by atoms with Crippen LogP contribution in [0.3, 0.4) is 0 Å². The molecular weight excluding hydrogens is 346 g/mol. The summed E-state index contributed by atoms with van der Waals surface area (Å²) in [5.41, 5.74) is -0.417. The van der Waals surface area contributed by atoms with Gasteiger partial charge >= 0.3 is 0 Å². The van der Waals surface area contributed by atoms with Crippen LogP contribution in [0.1, 0.15) is 32.1 Å². The van der Waals surface area contributed by atoms with Crippen molar-refractivity contribution in [3.63, 3.8) is 0 Å². The van der Waals surface area contributed by atoms with E-state index in [0.717, 1.165) is 37.1 Å². The molecular formula is C17H26ClN3O2S. The third-order valence-electron chi connectivity index (χ3n) is 4.04. The molecule has 2 heterocycles. The summed E-state index contributed by atoms with van der Waals surface area (Å²) in [4.78, 5) is 29.5. The van der Waals surface area contributed by atoms with Gasteiger partial charge in [-0.25, -0.2) is 0 Å². The van der Waals surface area contributed by atoms with Gasteiger partial charge in [-0.2, -0.15) is 0 Å². The van der Waals surface area contributed by atoms with Crippen molar-refractivity contribution in [2.75, 3.05) is 32.7 Å². The molecule has 1 aromatic heterocycles. The lowest BCUT2D eigenvalue weighted by atomic mass is 9.96. The first-order valence-electron chi connectivity index (χ1n) is 8.28. The van der Waals surface area contributed by atoms with Gasteiger partial charge < -0.3 is 10.2 Å². The predicted octanol–water partition coefficient (Wildman–Crippen LogP) is 2.60. The van der Waals surface area contributed by atoms with E-state index in [0.29, 0.717) is 13.0 Å². The molecule has 1 N–H and O–H groups in total. The van der Waals surface area contributed by atoms with Crippen LogP contribution in [-0.4, -0.2) is 54.3 Å². The summed E-state index contributed by atoms with van der Waals surface area (Å²) in [5, 5.41) is 2.83. The molecule has 0 aliphatic carbocycles. The number of nitrogens with zero attached hydrogens (tertiary/aromatic N) is 2. The summed E-state index contributed by atoms with van der Waals surface area (Å²) in [6.07, 6.45) is 0.363. The number of halogens is 1. The van der Waals surface area contributed by atoms with E-state index in [-0.39, 0.29) is 11.8 Å². The van der Waals surface area contributed by atoms with Crippen molar-refractivity contribution in [3.8, 4) is 0 Å². The molecule has 1 aliphatic rings. The first-order valence-corrected chi connectivity index (χ1v) is 9.48. The SMILES string of the molecule is CC(C)(C)C(=O)NCCC(=O)N1CCN(Cc2ccc(Cl)s2)CC1. The fourth-order valence-electron chi connectivity index (χ4n) is 2.52. The van der Waals surface area contributed by atoms with Crippen molar-refractivity contribution in [2.24, 2.45) is 5.41 Å². The Bertz CT molecular complexity index is 575. The zero-order valence-corrected chi connectivity index (χ0v) is 16.2. The number of rotatable bonds is 5. The summed E-state index contributed by atoms with van der Waals surface area (Å²) < 4.78 is 0.816. The monoisotopic (exact) mass is 371 g/mol. The van der Waals surface area contributed by atoms with Gasteiger partial charge in [-0.05, 0) is 12.1 Å². The summed E-state index contributed by atoms with van der Waals surface area (Å²) in [7, 11) is 0. The molecule has 0 atom stereocenters.